The smallest absolute Gasteiger partial charge is 0.419 e. The second-order valence-electron chi connectivity index (χ2n) is 5.03. The molecule has 0 spiro atoms. The number of ether oxygens (including phenoxy) is 1. The van der Waals surface area contributed by atoms with Gasteiger partial charge in [0.2, 0.25) is 0 Å². The Balaban J connectivity index is 2.02. The lowest BCUT2D eigenvalue weighted by atomic mass is 10.2. The molecule has 0 atom stereocenters. The summed E-state index contributed by atoms with van der Waals surface area (Å²) in [6.45, 7) is 0.0218. The number of nitrogens with zero attached hydrogens (tertiary/aromatic N) is 2. The number of rotatable bonds is 3. The quantitative estimate of drug-likeness (QED) is 0.545. The Kier molecular flexibility index (Phi) is 4.07. The Hall–Kier alpha value is -3.48. The van der Waals surface area contributed by atoms with Gasteiger partial charge < -0.3 is 4.74 Å². The number of carbonyl (C=O) groups excluding carboxylic acids is 1. The number of carbonyl (C=O) groups is 1. The van der Waals surface area contributed by atoms with Crippen molar-refractivity contribution in [3.63, 3.8) is 0 Å². The lowest BCUT2D eigenvalue weighted by molar-refractivity contribution is -0.386. The minimum Gasteiger partial charge on any atom is -0.444 e. The van der Waals surface area contributed by atoms with Crippen molar-refractivity contribution in [2.45, 2.75) is 6.61 Å². The number of benzene rings is 2. The van der Waals surface area contributed by atoms with Gasteiger partial charge in [-0.15, -0.1) is 0 Å². The molecule has 0 saturated carbocycles. The molecule has 0 unspecified atom stereocenters. The van der Waals surface area contributed by atoms with Crippen LogP contribution in [0.5, 0.6) is 0 Å². The van der Waals surface area contributed by atoms with E-state index in [2.05, 4.69) is 0 Å². The summed E-state index contributed by atoms with van der Waals surface area (Å²) < 4.78 is 6.18. The van der Waals surface area contributed by atoms with Gasteiger partial charge in [0.1, 0.15) is 6.61 Å². The molecule has 0 aliphatic rings. The lowest BCUT2D eigenvalue weighted by Crippen LogP contribution is -2.20. The van der Waals surface area contributed by atoms with Gasteiger partial charge in [0, 0.05) is 0 Å². The highest BCUT2D eigenvalue weighted by molar-refractivity contribution is 5.89. The van der Waals surface area contributed by atoms with Crippen molar-refractivity contribution < 1.29 is 14.5 Å². The molecule has 2 aromatic carbocycles. The van der Waals surface area contributed by atoms with E-state index in [9.17, 15) is 19.7 Å². The first-order chi connectivity index (χ1) is 11.6. The van der Waals surface area contributed by atoms with Gasteiger partial charge in [0.05, 0.1) is 22.0 Å². The molecule has 0 aliphatic carbocycles. The first-order valence-electron chi connectivity index (χ1n) is 7.08. The monoisotopic (exact) mass is 324 g/mol. The first kappa shape index (κ1) is 15.4. The Morgan fingerprint density at radius 3 is 2.46 bits per heavy atom. The molecule has 120 valence electrons. The molecule has 7 nitrogen and oxygen atoms in total. The van der Waals surface area contributed by atoms with E-state index < -0.39 is 22.1 Å². The van der Waals surface area contributed by atoms with Crippen LogP contribution in [0.2, 0.25) is 0 Å². The third-order valence-electron chi connectivity index (χ3n) is 3.49. The zero-order valence-electron chi connectivity index (χ0n) is 12.4. The minimum absolute atomic E-state index is 0.0218. The summed E-state index contributed by atoms with van der Waals surface area (Å²) in [6, 6.07) is 15.2. The molecule has 1 aromatic heterocycles. The predicted octanol–water partition coefficient (Wildman–Crippen LogP) is 3.09. The largest absolute Gasteiger partial charge is 0.444 e. The molecule has 0 N–H and O–H groups in total. The van der Waals surface area contributed by atoms with Crippen molar-refractivity contribution in [1.29, 1.82) is 0 Å². The summed E-state index contributed by atoms with van der Waals surface area (Å²) in [7, 11) is 0. The van der Waals surface area contributed by atoms with E-state index in [1.54, 1.807) is 24.3 Å². The summed E-state index contributed by atoms with van der Waals surface area (Å²) in [4.78, 5) is 34.7. The number of fused-ring (bicyclic) bond motifs is 1. The minimum atomic E-state index is -0.810. The van der Waals surface area contributed by atoms with E-state index >= 15 is 0 Å². The maximum atomic E-state index is 12.3. The van der Waals surface area contributed by atoms with Crippen molar-refractivity contribution in [2.24, 2.45) is 0 Å². The van der Waals surface area contributed by atoms with E-state index in [-0.39, 0.29) is 17.5 Å². The van der Waals surface area contributed by atoms with E-state index in [1.807, 2.05) is 18.2 Å². The van der Waals surface area contributed by atoms with Crippen LogP contribution >= 0.6 is 0 Å². The molecule has 0 bridgehead atoms. The number of nitro groups is 1. The van der Waals surface area contributed by atoms with Gasteiger partial charge in [-0.25, -0.2) is 9.36 Å². The second-order valence-corrected chi connectivity index (χ2v) is 5.03. The molecule has 0 aliphatic heterocycles. The lowest BCUT2D eigenvalue weighted by Gasteiger charge is -2.10. The zero-order chi connectivity index (χ0) is 17.1. The van der Waals surface area contributed by atoms with Crippen molar-refractivity contribution >= 4 is 22.7 Å². The molecule has 3 rings (SSSR count). The molecule has 7 heteroatoms. The third-order valence-corrected chi connectivity index (χ3v) is 3.49. The molecule has 0 radical (unpaired) electrons. The van der Waals surface area contributed by atoms with Crippen LogP contribution < -0.4 is 5.43 Å². The Morgan fingerprint density at radius 1 is 1.08 bits per heavy atom. The average molecular weight is 324 g/mol. The molecule has 0 saturated heterocycles. The average Bonchev–Trinajstić information content (AvgIpc) is 2.61. The van der Waals surface area contributed by atoms with Crippen LogP contribution in [0.4, 0.5) is 10.5 Å². The predicted molar refractivity (Wildman–Crippen MR) is 86.9 cm³/mol. The van der Waals surface area contributed by atoms with Crippen LogP contribution in [-0.4, -0.2) is 15.6 Å². The van der Waals surface area contributed by atoms with Gasteiger partial charge in [-0.05, 0) is 17.7 Å². The van der Waals surface area contributed by atoms with Crippen molar-refractivity contribution in [3.8, 4) is 0 Å². The fourth-order valence-electron chi connectivity index (χ4n) is 2.33. The van der Waals surface area contributed by atoms with Gasteiger partial charge in [0.25, 0.3) is 5.43 Å². The normalized spacial score (nSPS) is 10.5. The van der Waals surface area contributed by atoms with Gasteiger partial charge in [0.15, 0.2) is 0 Å². The number of para-hydroxylation sites is 1. The standard InChI is InChI=1S/C17H12N2O5/c20-16-13-8-4-5-9-14(13)18(10-15(16)19(22)23)17(21)24-11-12-6-2-1-3-7-12/h1-10H,11H2. The highest BCUT2D eigenvalue weighted by Gasteiger charge is 2.20. The highest BCUT2D eigenvalue weighted by atomic mass is 16.6. The Labute approximate surface area is 135 Å². The fourth-order valence-corrected chi connectivity index (χ4v) is 2.33. The van der Waals surface area contributed by atoms with E-state index in [4.69, 9.17) is 4.74 Å². The number of hydrogen-bond acceptors (Lipinski definition) is 5. The molecular weight excluding hydrogens is 312 g/mol. The summed E-state index contributed by atoms with van der Waals surface area (Å²) in [5.41, 5.74) is -0.370. The van der Waals surface area contributed by atoms with Crippen LogP contribution in [-0.2, 0) is 11.3 Å². The van der Waals surface area contributed by atoms with Crippen molar-refractivity contribution in [1.82, 2.24) is 4.57 Å². The summed E-state index contributed by atoms with van der Waals surface area (Å²) >= 11 is 0. The summed E-state index contributed by atoms with van der Waals surface area (Å²) in [6.07, 6.45) is 0.107. The molecule has 24 heavy (non-hydrogen) atoms. The number of pyridine rings is 1. The number of hydrogen-bond donors (Lipinski definition) is 0. The van der Waals surface area contributed by atoms with Crippen LogP contribution in [0.3, 0.4) is 0 Å². The first-order valence-corrected chi connectivity index (χ1v) is 7.08. The summed E-state index contributed by atoms with van der Waals surface area (Å²) in [5, 5.41) is 11.1. The van der Waals surface area contributed by atoms with Gasteiger partial charge >= 0.3 is 11.8 Å². The molecule has 3 aromatic rings. The van der Waals surface area contributed by atoms with Crippen LogP contribution in [0.25, 0.3) is 10.9 Å². The SMILES string of the molecule is O=C(OCc1ccccc1)n1cc([N+](=O)[O-])c(=O)c2ccccc21. The second kappa shape index (κ2) is 6.33. The maximum Gasteiger partial charge on any atom is 0.419 e. The van der Waals surface area contributed by atoms with Crippen LogP contribution in [0, 0.1) is 10.1 Å². The Morgan fingerprint density at radius 2 is 1.75 bits per heavy atom. The third kappa shape index (κ3) is 2.87. The van der Waals surface area contributed by atoms with Crippen LogP contribution in [0.1, 0.15) is 5.56 Å². The van der Waals surface area contributed by atoms with Gasteiger partial charge in [-0.2, -0.15) is 0 Å². The molecular formula is C17H12N2O5. The molecule has 0 fully saturated rings. The van der Waals surface area contributed by atoms with Crippen molar-refractivity contribution in [2.75, 3.05) is 0 Å². The topological polar surface area (TPSA) is 91.4 Å². The van der Waals surface area contributed by atoms with Crippen molar-refractivity contribution in [3.05, 3.63) is 86.7 Å². The Bertz CT molecular complexity index is 979. The molecule has 1 heterocycles. The molecule has 0 amide bonds. The van der Waals surface area contributed by atoms with Gasteiger partial charge in [-0.3, -0.25) is 14.9 Å². The highest BCUT2D eigenvalue weighted by Crippen LogP contribution is 2.16. The van der Waals surface area contributed by atoms with E-state index in [1.165, 1.54) is 12.1 Å². The summed E-state index contributed by atoms with van der Waals surface area (Å²) in [5.74, 6) is 0. The fraction of sp³-hybridized carbons (Fsp3) is 0.0588. The number of aromatic nitrogens is 1. The van der Waals surface area contributed by atoms with E-state index in [0.29, 0.717) is 0 Å². The maximum absolute atomic E-state index is 12.3. The van der Waals surface area contributed by atoms with E-state index in [0.717, 1.165) is 16.3 Å². The van der Waals surface area contributed by atoms with Gasteiger partial charge in [-0.1, -0.05) is 42.5 Å². The van der Waals surface area contributed by atoms with Crippen LogP contribution in [0.15, 0.2) is 65.6 Å². The zero-order valence-corrected chi connectivity index (χ0v) is 12.4.